The van der Waals surface area contributed by atoms with E-state index in [1.54, 1.807) is 12.1 Å². The number of aromatic hydroxyl groups is 1. The number of allylic oxidation sites excluding steroid dienone is 1. The second-order valence-electron chi connectivity index (χ2n) is 7.48. The number of benzene rings is 3. The van der Waals surface area contributed by atoms with Crippen molar-refractivity contribution < 1.29 is 19.4 Å². The van der Waals surface area contributed by atoms with Gasteiger partial charge >= 0.3 is 0 Å². The molecule has 3 aromatic carbocycles. The van der Waals surface area contributed by atoms with Gasteiger partial charge in [0.25, 0.3) is 0 Å². The fourth-order valence-corrected chi connectivity index (χ4v) is 3.76. The van der Waals surface area contributed by atoms with Crippen LogP contribution in [0.5, 0.6) is 17.2 Å². The molecule has 0 unspecified atom stereocenters. The maximum atomic E-state index is 12.2. The highest BCUT2D eigenvalue weighted by Crippen LogP contribution is 2.28. The summed E-state index contributed by atoms with van der Waals surface area (Å²) in [6.45, 7) is 0.504. The van der Waals surface area contributed by atoms with Crippen molar-refractivity contribution in [2.45, 2.75) is 32.3 Å². The van der Waals surface area contributed by atoms with Crippen LogP contribution in [-0.2, 0) is 17.8 Å². The van der Waals surface area contributed by atoms with Crippen LogP contribution in [0, 0.1) is 0 Å². The Morgan fingerprint density at radius 3 is 2.53 bits per heavy atom. The molecule has 0 heterocycles. The first-order valence-electron chi connectivity index (χ1n) is 10.6. The molecule has 0 aliphatic heterocycles. The highest BCUT2D eigenvalue weighted by Gasteiger charge is 2.05. The number of phenolic OH excluding ortho intramolecular Hbond substituents is 1. The minimum atomic E-state index is 0.105. The Balaban J connectivity index is 1.43. The van der Waals surface area contributed by atoms with Crippen molar-refractivity contribution in [3.8, 4) is 17.2 Å². The summed E-state index contributed by atoms with van der Waals surface area (Å²) in [7, 11) is 1.54. The molecule has 0 amide bonds. The molecule has 0 spiro atoms. The first-order valence-corrected chi connectivity index (χ1v) is 11.4. The van der Waals surface area contributed by atoms with Gasteiger partial charge in [0.05, 0.1) is 11.6 Å². The van der Waals surface area contributed by atoms with Crippen LogP contribution in [0.15, 0.2) is 77.3 Å². The lowest BCUT2D eigenvalue weighted by molar-refractivity contribution is -0.114. The molecule has 166 valence electrons. The summed E-state index contributed by atoms with van der Waals surface area (Å²) >= 11 is 3.55. The number of carbonyl (C=O) groups excluding carboxylic acids is 1. The van der Waals surface area contributed by atoms with Crippen molar-refractivity contribution >= 4 is 27.8 Å². The fraction of sp³-hybridized carbons (Fsp3) is 0.222. The lowest BCUT2D eigenvalue weighted by atomic mass is 10.0. The van der Waals surface area contributed by atoms with Gasteiger partial charge in [0.2, 0.25) is 0 Å². The first-order chi connectivity index (χ1) is 15.5. The Hall–Kier alpha value is -3.05. The summed E-state index contributed by atoms with van der Waals surface area (Å²) in [4.78, 5) is 12.2. The standard InChI is InChI=1S/C27H27BrO4/c1-31-27-18-20(12-15-25(27)30)7-5-6-10-23(29)14-11-21-13-16-26(24(28)17-21)32-19-22-8-3-2-4-9-22/h2-4,8-9,11-18,30H,5-7,10,19H2,1H3/b14-11+. The van der Waals surface area contributed by atoms with Crippen molar-refractivity contribution in [3.63, 3.8) is 0 Å². The molecule has 3 aromatic rings. The third-order valence-electron chi connectivity index (χ3n) is 5.04. The molecule has 32 heavy (non-hydrogen) atoms. The molecule has 0 saturated heterocycles. The summed E-state index contributed by atoms with van der Waals surface area (Å²) in [5.74, 6) is 1.49. The van der Waals surface area contributed by atoms with E-state index in [-0.39, 0.29) is 11.5 Å². The summed E-state index contributed by atoms with van der Waals surface area (Å²) in [6.07, 6.45) is 6.51. The van der Waals surface area contributed by atoms with Crippen LogP contribution in [0.4, 0.5) is 0 Å². The number of halogens is 1. The van der Waals surface area contributed by atoms with Crippen molar-refractivity contribution in [2.75, 3.05) is 7.11 Å². The molecule has 0 aliphatic rings. The maximum absolute atomic E-state index is 12.2. The summed E-state index contributed by atoms with van der Waals surface area (Å²) < 4.78 is 11.9. The second kappa shape index (κ2) is 12.1. The van der Waals surface area contributed by atoms with Crippen LogP contribution >= 0.6 is 15.9 Å². The maximum Gasteiger partial charge on any atom is 0.160 e. The highest BCUT2D eigenvalue weighted by atomic mass is 79.9. The van der Waals surface area contributed by atoms with Crippen molar-refractivity contribution in [3.05, 3.63) is 94.0 Å². The smallest absolute Gasteiger partial charge is 0.160 e. The van der Waals surface area contributed by atoms with E-state index >= 15 is 0 Å². The molecule has 0 saturated carbocycles. The monoisotopic (exact) mass is 494 g/mol. The van der Waals surface area contributed by atoms with E-state index in [4.69, 9.17) is 9.47 Å². The molecule has 0 fully saturated rings. The van der Waals surface area contributed by atoms with E-state index < -0.39 is 0 Å². The van der Waals surface area contributed by atoms with E-state index in [0.29, 0.717) is 18.8 Å². The van der Waals surface area contributed by atoms with E-state index in [1.165, 1.54) is 7.11 Å². The largest absolute Gasteiger partial charge is 0.504 e. The van der Waals surface area contributed by atoms with Gasteiger partial charge in [-0.15, -0.1) is 0 Å². The number of aryl methyl sites for hydroxylation is 1. The Bertz CT molecular complexity index is 1060. The molecule has 5 heteroatoms. The third-order valence-corrected chi connectivity index (χ3v) is 5.66. The minimum Gasteiger partial charge on any atom is -0.504 e. The van der Waals surface area contributed by atoms with Gasteiger partial charge in [-0.2, -0.15) is 0 Å². The number of hydrogen-bond acceptors (Lipinski definition) is 4. The molecule has 3 rings (SSSR count). The van der Waals surface area contributed by atoms with Crippen LogP contribution < -0.4 is 9.47 Å². The van der Waals surface area contributed by atoms with E-state index in [1.807, 2.05) is 66.7 Å². The van der Waals surface area contributed by atoms with Gasteiger partial charge in [0, 0.05) is 6.42 Å². The predicted molar refractivity (Wildman–Crippen MR) is 131 cm³/mol. The Morgan fingerprint density at radius 1 is 0.969 bits per heavy atom. The van der Waals surface area contributed by atoms with Crippen LogP contribution in [0.1, 0.15) is 36.0 Å². The molecule has 0 radical (unpaired) electrons. The zero-order valence-electron chi connectivity index (χ0n) is 18.1. The normalized spacial score (nSPS) is 10.9. The van der Waals surface area contributed by atoms with E-state index in [0.717, 1.165) is 46.2 Å². The zero-order chi connectivity index (χ0) is 22.8. The molecule has 0 aliphatic carbocycles. The molecule has 0 aromatic heterocycles. The second-order valence-corrected chi connectivity index (χ2v) is 8.33. The quantitative estimate of drug-likeness (QED) is 0.237. The first kappa shape index (κ1) is 23.6. The van der Waals surface area contributed by atoms with E-state index in [9.17, 15) is 9.90 Å². The van der Waals surface area contributed by atoms with Crippen LogP contribution in [0.25, 0.3) is 6.08 Å². The lowest BCUT2D eigenvalue weighted by Crippen LogP contribution is -1.96. The van der Waals surface area contributed by atoms with Crippen molar-refractivity contribution in [1.29, 1.82) is 0 Å². The Morgan fingerprint density at radius 2 is 1.78 bits per heavy atom. The van der Waals surface area contributed by atoms with Gasteiger partial charge in [-0.25, -0.2) is 0 Å². The van der Waals surface area contributed by atoms with Gasteiger partial charge in [0.15, 0.2) is 17.3 Å². The molecule has 0 atom stereocenters. The fourth-order valence-electron chi connectivity index (χ4n) is 3.25. The zero-order valence-corrected chi connectivity index (χ0v) is 19.7. The topological polar surface area (TPSA) is 55.8 Å². The SMILES string of the molecule is COc1cc(CCCCC(=O)/C=C/c2ccc(OCc3ccccc3)c(Br)c2)ccc1O. The van der Waals surface area contributed by atoms with E-state index in [2.05, 4.69) is 15.9 Å². The summed E-state index contributed by atoms with van der Waals surface area (Å²) in [5.41, 5.74) is 3.13. The highest BCUT2D eigenvalue weighted by molar-refractivity contribution is 9.10. The number of phenols is 1. The molecule has 0 bridgehead atoms. The number of unbranched alkanes of at least 4 members (excludes halogenated alkanes) is 1. The van der Waals surface area contributed by atoms with Gasteiger partial charge in [-0.3, -0.25) is 4.79 Å². The van der Waals surface area contributed by atoms with Crippen LogP contribution in [0.2, 0.25) is 0 Å². The number of ketones is 1. The molecule has 4 nitrogen and oxygen atoms in total. The number of ether oxygens (including phenoxy) is 2. The number of carbonyl (C=O) groups is 1. The Kier molecular flexibility index (Phi) is 8.93. The molecule has 1 N–H and O–H groups in total. The molecular weight excluding hydrogens is 468 g/mol. The summed E-state index contributed by atoms with van der Waals surface area (Å²) in [5, 5.41) is 9.65. The minimum absolute atomic E-state index is 0.105. The molecular formula is C27H27BrO4. The third kappa shape index (κ3) is 7.27. The number of hydrogen-bond donors (Lipinski definition) is 1. The van der Waals surface area contributed by atoms with Gasteiger partial charge in [0.1, 0.15) is 12.4 Å². The number of methoxy groups -OCH3 is 1. The summed E-state index contributed by atoms with van der Waals surface area (Å²) in [6, 6.07) is 21.2. The van der Waals surface area contributed by atoms with Gasteiger partial charge in [-0.1, -0.05) is 48.5 Å². The van der Waals surface area contributed by atoms with Crippen LogP contribution in [-0.4, -0.2) is 18.0 Å². The Labute approximate surface area is 197 Å². The average Bonchev–Trinajstić information content (AvgIpc) is 2.81. The number of rotatable bonds is 11. The predicted octanol–water partition coefficient (Wildman–Crippen LogP) is 6.74. The average molecular weight is 495 g/mol. The van der Waals surface area contributed by atoms with Crippen molar-refractivity contribution in [1.82, 2.24) is 0 Å². The van der Waals surface area contributed by atoms with Gasteiger partial charge in [-0.05, 0) is 82.2 Å². The lowest BCUT2D eigenvalue weighted by Gasteiger charge is -2.09. The van der Waals surface area contributed by atoms with Gasteiger partial charge < -0.3 is 14.6 Å². The van der Waals surface area contributed by atoms with Crippen LogP contribution in [0.3, 0.4) is 0 Å². The van der Waals surface area contributed by atoms with Crippen molar-refractivity contribution in [2.24, 2.45) is 0 Å².